The van der Waals surface area contributed by atoms with E-state index in [1.54, 1.807) is 13.0 Å². The lowest BCUT2D eigenvalue weighted by Gasteiger charge is -2.22. The van der Waals surface area contributed by atoms with Gasteiger partial charge < -0.3 is 0 Å². The first kappa shape index (κ1) is 10.2. The molecule has 1 heteroatoms. The SMILES string of the molecule is CC(=O)/C=C/C1CCCc2ccccc21. The Morgan fingerprint density at radius 2 is 2.20 bits per heavy atom. The zero-order valence-corrected chi connectivity index (χ0v) is 9.07. The van der Waals surface area contributed by atoms with Crippen LogP contribution in [0.1, 0.15) is 36.8 Å². The summed E-state index contributed by atoms with van der Waals surface area (Å²) in [4.78, 5) is 10.9. The number of hydrogen-bond acceptors (Lipinski definition) is 1. The zero-order valence-electron chi connectivity index (χ0n) is 9.07. The molecule has 0 radical (unpaired) electrons. The highest BCUT2D eigenvalue weighted by Gasteiger charge is 2.16. The maximum Gasteiger partial charge on any atom is 0.152 e. The van der Waals surface area contributed by atoms with E-state index in [1.807, 2.05) is 0 Å². The van der Waals surface area contributed by atoms with Crippen molar-refractivity contribution in [2.45, 2.75) is 32.1 Å². The second-order valence-corrected chi connectivity index (χ2v) is 4.17. The highest BCUT2D eigenvalue weighted by molar-refractivity contribution is 5.87. The minimum atomic E-state index is 0.137. The lowest BCUT2D eigenvalue weighted by Crippen LogP contribution is -2.07. The molecule has 0 saturated carbocycles. The third-order valence-corrected chi connectivity index (χ3v) is 2.98. The van der Waals surface area contributed by atoms with Gasteiger partial charge in [-0.3, -0.25) is 4.79 Å². The van der Waals surface area contributed by atoms with Gasteiger partial charge in [0.1, 0.15) is 0 Å². The van der Waals surface area contributed by atoms with Crippen LogP contribution in [-0.2, 0) is 11.2 Å². The quantitative estimate of drug-likeness (QED) is 0.670. The van der Waals surface area contributed by atoms with Crippen molar-refractivity contribution in [3.8, 4) is 0 Å². The van der Waals surface area contributed by atoms with Crippen LogP contribution in [0, 0.1) is 0 Å². The molecule has 0 spiro atoms. The molecule has 1 aliphatic rings. The number of benzene rings is 1. The third kappa shape index (κ3) is 2.35. The Balaban J connectivity index is 2.26. The second-order valence-electron chi connectivity index (χ2n) is 4.17. The molecule has 1 aromatic carbocycles. The minimum absolute atomic E-state index is 0.137. The van der Waals surface area contributed by atoms with E-state index in [1.165, 1.54) is 30.4 Å². The number of carbonyl (C=O) groups is 1. The molecule has 0 aliphatic heterocycles. The van der Waals surface area contributed by atoms with Gasteiger partial charge in [-0.05, 0) is 43.4 Å². The predicted octanol–water partition coefficient (Wildman–Crippen LogP) is 3.25. The smallest absolute Gasteiger partial charge is 0.152 e. The van der Waals surface area contributed by atoms with Crippen molar-refractivity contribution in [2.24, 2.45) is 0 Å². The van der Waals surface area contributed by atoms with Gasteiger partial charge in [-0.25, -0.2) is 0 Å². The van der Waals surface area contributed by atoms with Crippen molar-refractivity contribution in [2.75, 3.05) is 0 Å². The first-order valence-corrected chi connectivity index (χ1v) is 5.54. The number of carbonyl (C=O) groups excluding carboxylic acids is 1. The van der Waals surface area contributed by atoms with Gasteiger partial charge in [0.25, 0.3) is 0 Å². The van der Waals surface area contributed by atoms with Crippen molar-refractivity contribution in [1.29, 1.82) is 0 Å². The summed E-state index contributed by atoms with van der Waals surface area (Å²) in [6.45, 7) is 1.60. The highest BCUT2D eigenvalue weighted by atomic mass is 16.1. The maximum atomic E-state index is 10.9. The van der Waals surface area contributed by atoms with Crippen LogP contribution in [-0.4, -0.2) is 5.78 Å². The van der Waals surface area contributed by atoms with Gasteiger partial charge in [0.05, 0.1) is 0 Å². The standard InChI is InChI=1S/C14H16O/c1-11(15)9-10-13-7-4-6-12-5-2-3-8-14(12)13/h2-3,5,8-10,13H,4,6-7H2,1H3/b10-9+. The molecule has 1 aliphatic carbocycles. The number of rotatable bonds is 2. The fraction of sp³-hybridized carbons (Fsp3) is 0.357. The number of hydrogen-bond donors (Lipinski definition) is 0. The van der Waals surface area contributed by atoms with Crippen LogP contribution in [0.2, 0.25) is 0 Å². The van der Waals surface area contributed by atoms with Crippen molar-refractivity contribution < 1.29 is 4.79 Å². The van der Waals surface area contributed by atoms with E-state index in [4.69, 9.17) is 0 Å². The van der Waals surface area contributed by atoms with E-state index in [0.717, 1.165) is 0 Å². The topological polar surface area (TPSA) is 17.1 Å². The van der Waals surface area contributed by atoms with Crippen LogP contribution in [0.25, 0.3) is 0 Å². The Kier molecular flexibility index (Phi) is 3.00. The van der Waals surface area contributed by atoms with Gasteiger partial charge in [0, 0.05) is 5.92 Å². The molecule has 1 unspecified atom stereocenters. The van der Waals surface area contributed by atoms with Gasteiger partial charge in [-0.1, -0.05) is 30.3 Å². The van der Waals surface area contributed by atoms with E-state index < -0.39 is 0 Å². The summed E-state index contributed by atoms with van der Waals surface area (Å²) in [6.07, 6.45) is 7.33. The number of ketones is 1. The van der Waals surface area contributed by atoms with E-state index >= 15 is 0 Å². The summed E-state index contributed by atoms with van der Waals surface area (Å²) >= 11 is 0. The van der Waals surface area contributed by atoms with E-state index in [9.17, 15) is 4.79 Å². The maximum absolute atomic E-state index is 10.9. The molecular formula is C14H16O. The molecule has 15 heavy (non-hydrogen) atoms. The van der Waals surface area contributed by atoms with E-state index in [2.05, 4.69) is 30.3 Å². The van der Waals surface area contributed by atoms with Gasteiger partial charge >= 0.3 is 0 Å². The van der Waals surface area contributed by atoms with Crippen LogP contribution >= 0.6 is 0 Å². The number of aryl methyl sites for hydroxylation is 1. The van der Waals surface area contributed by atoms with Crippen molar-refractivity contribution in [3.05, 3.63) is 47.5 Å². The summed E-state index contributed by atoms with van der Waals surface area (Å²) in [7, 11) is 0. The fourth-order valence-electron chi connectivity index (χ4n) is 2.24. The predicted molar refractivity (Wildman–Crippen MR) is 61.9 cm³/mol. The van der Waals surface area contributed by atoms with Crippen LogP contribution < -0.4 is 0 Å². The zero-order chi connectivity index (χ0) is 10.7. The monoisotopic (exact) mass is 200 g/mol. The van der Waals surface area contributed by atoms with Crippen LogP contribution in [0.15, 0.2) is 36.4 Å². The minimum Gasteiger partial charge on any atom is -0.295 e. The molecule has 0 bridgehead atoms. The largest absolute Gasteiger partial charge is 0.295 e. The van der Waals surface area contributed by atoms with Gasteiger partial charge in [-0.2, -0.15) is 0 Å². The molecule has 1 atom stereocenters. The summed E-state index contributed by atoms with van der Waals surface area (Å²) in [6, 6.07) is 8.56. The van der Waals surface area contributed by atoms with Crippen molar-refractivity contribution in [3.63, 3.8) is 0 Å². The molecular weight excluding hydrogens is 184 g/mol. The number of allylic oxidation sites excluding steroid dienone is 2. The fourth-order valence-corrected chi connectivity index (χ4v) is 2.24. The molecule has 1 nitrogen and oxygen atoms in total. The van der Waals surface area contributed by atoms with Crippen molar-refractivity contribution >= 4 is 5.78 Å². The van der Waals surface area contributed by atoms with E-state index in [-0.39, 0.29) is 5.78 Å². The summed E-state index contributed by atoms with van der Waals surface area (Å²) < 4.78 is 0. The molecule has 0 saturated heterocycles. The molecule has 0 fully saturated rings. The van der Waals surface area contributed by atoms with Crippen LogP contribution in [0.5, 0.6) is 0 Å². The summed E-state index contributed by atoms with van der Waals surface area (Å²) in [5, 5.41) is 0. The Morgan fingerprint density at radius 3 is 3.00 bits per heavy atom. The first-order chi connectivity index (χ1) is 7.27. The Hall–Kier alpha value is -1.37. The lowest BCUT2D eigenvalue weighted by atomic mass is 9.82. The molecule has 0 amide bonds. The summed E-state index contributed by atoms with van der Waals surface area (Å²) in [5.74, 6) is 0.580. The lowest BCUT2D eigenvalue weighted by molar-refractivity contribution is -0.112. The molecule has 2 rings (SSSR count). The molecule has 78 valence electrons. The van der Waals surface area contributed by atoms with Gasteiger partial charge in [0.15, 0.2) is 5.78 Å². The summed E-state index contributed by atoms with van der Waals surface area (Å²) in [5.41, 5.74) is 2.85. The van der Waals surface area contributed by atoms with Gasteiger partial charge in [-0.15, -0.1) is 0 Å². The molecule has 0 aromatic heterocycles. The Morgan fingerprint density at radius 1 is 1.40 bits per heavy atom. The Bertz CT molecular complexity index is 390. The van der Waals surface area contributed by atoms with Crippen LogP contribution in [0.3, 0.4) is 0 Å². The third-order valence-electron chi connectivity index (χ3n) is 2.98. The number of fused-ring (bicyclic) bond motifs is 1. The second kappa shape index (κ2) is 4.43. The normalized spacial score (nSPS) is 20.2. The molecule has 1 aromatic rings. The average Bonchev–Trinajstić information content (AvgIpc) is 2.26. The molecule has 0 heterocycles. The molecule has 0 N–H and O–H groups in total. The van der Waals surface area contributed by atoms with Crippen LogP contribution in [0.4, 0.5) is 0 Å². The van der Waals surface area contributed by atoms with Gasteiger partial charge in [0.2, 0.25) is 0 Å². The first-order valence-electron chi connectivity index (χ1n) is 5.54. The average molecular weight is 200 g/mol. The highest BCUT2D eigenvalue weighted by Crippen LogP contribution is 2.32. The van der Waals surface area contributed by atoms with Crippen molar-refractivity contribution in [1.82, 2.24) is 0 Å². The van der Waals surface area contributed by atoms with E-state index in [0.29, 0.717) is 5.92 Å². The Labute approximate surface area is 90.8 Å².